The number of carboxylic acids is 1. The Hall–Kier alpha value is -2.94. The van der Waals surface area contributed by atoms with Gasteiger partial charge in [0.25, 0.3) is 0 Å². The van der Waals surface area contributed by atoms with Gasteiger partial charge in [-0.1, -0.05) is 30.3 Å². The zero-order valence-electron chi connectivity index (χ0n) is 18.3. The molecule has 1 atom stereocenters. The Morgan fingerprint density at radius 2 is 1.74 bits per heavy atom. The van der Waals surface area contributed by atoms with Crippen molar-refractivity contribution in [1.29, 1.82) is 0 Å². The molecule has 1 rings (SSSR count). The van der Waals surface area contributed by atoms with Crippen molar-refractivity contribution in [2.75, 3.05) is 26.2 Å². The van der Waals surface area contributed by atoms with Gasteiger partial charge in [0.1, 0.15) is 6.61 Å². The van der Waals surface area contributed by atoms with Crippen molar-refractivity contribution >= 4 is 23.8 Å². The van der Waals surface area contributed by atoms with Crippen LogP contribution in [0.5, 0.6) is 0 Å². The van der Waals surface area contributed by atoms with Crippen LogP contribution in [0.2, 0.25) is 0 Å². The van der Waals surface area contributed by atoms with Crippen LogP contribution in [0.1, 0.15) is 45.1 Å². The van der Waals surface area contributed by atoms with Gasteiger partial charge in [0.05, 0.1) is 0 Å². The smallest absolute Gasteiger partial charge is 0.306 e. The second-order valence-electron chi connectivity index (χ2n) is 7.36. The number of ether oxygens (including phenoxy) is 1. The standard InChI is InChI=1S/C22H33N3O6/c1-17(26)23-12-14-25(15-20(24-18(2)27)10-11-21(28)29)13-6-9-22(30)31-16-19-7-4-3-5-8-19/h3-5,7-8,20H,6,9-16H2,1-2H3,(H,23,26)(H,24,27)(H,28,29). The lowest BCUT2D eigenvalue weighted by Gasteiger charge is -2.28. The first-order valence-electron chi connectivity index (χ1n) is 10.4. The largest absolute Gasteiger partial charge is 0.481 e. The molecule has 1 aromatic carbocycles. The molecular weight excluding hydrogens is 402 g/mol. The van der Waals surface area contributed by atoms with Crippen molar-refractivity contribution in [3.8, 4) is 0 Å². The fourth-order valence-corrected chi connectivity index (χ4v) is 3.05. The summed E-state index contributed by atoms with van der Waals surface area (Å²) in [5.74, 6) is -1.60. The molecule has 0 bridgehead atoms. The summed E-state index contributed by atoms with van der Waals surface area (Å²) in [6, 6.07) is 9.09. The summed E-state index contributed by atoms with van der Waals surface area (Å²) in [6.07, 6.45) is 1.02. The highest BCUT2D eigenvalue weighted by molar-refractivity contribution is 5.73. The van der Waals surface area contributed by atoms with Gasteiger partial charge in [0, 0.05) is 52.4 Å². The number of benzene rings is 1. The van der Waals surface area contributed by atoms with E-state index in [0.717, 1.165) is 5.56 Å². The zero-order valence-corrected chi connectivity index (χ0v) is 18.3. The molecular formula is C22H33N3O6. The second-order valence-corrected chi connectivity index (χ2v) is 7.36. The number of nitrogens with one attached hydrogen (secondary N) is 2. The summed E-state index contributed by atoms with van der Waals surface area (Å²) in [5, 5.41) is 14.4. The average Bonchev–Trinajstić information content (AvgIpc) is 2.70. The van der Waals surface area contributed by atoms with Crippen LogP contribution in [-0.4, -0.2) is 66.0 Å². The van der Waals surface area contributed by atoms with Gasteiger partial charge in [-0.05, 0) is 24.9 Å². The van der Waals surface area contributed by atoms with E-state index in [1.807, 2.05) is 35.2 Å². The lowest BCUT2D eigenvalue weighted by atomic mass is 10.1. The minimum Gasteiger partial charge on any atom is -0.481 e. The first-order valence-corrected chi connectivity index (χ1v) is 10.4. The lowest BCUT2D eigenvalue weighted by Crippen LogP contribution is -2.45. The van der Waals surface area contributed by atoms with Crippen LogP contribution in [0.15, 0.2) is 30.3 Å². The predicted octanol–water partition coefficient (Wildman–Crippen LogP) is 1.32. The normalized spacial score (nSPS) is 11.6. The summed E-state index contributed by atoms with van der Waals surface area (Å²) in [6.45, 7) is 4.94. The molecule has 0 fully saturated rings. The molecule has 0 aromatic heterocycles. The van der Waals surface area contributed by atoms with Crippen LogP contribution in [-0.2, 0) is 30.5 Å². The number of amides is 2. The highest BCUT2D eigenvalue weighted by Crippen LogP contribution is 2.06. The maximum absolute atomic E-state index is 12.0. The van der Waals surface area contributed by atoms with Crippen molar-refractivity contribution in [3.05, 3.63) is 35.9 Å². The summed E-state index contributed by atoms with van der Waals surface area (Å²) in [4.78, 5) is 47.6. The molecule has 0 aliphatic heterocycles. The number of esters is 1. The van der Waals surface area contributed by atoms with E-state index in [1.54, 1.807) is 0 Å². The fraction of sp³-hybridized carbons (Fsp3) is 0.545. The van der Waals surface area contributed by atoms with Crippen LogP contribution < -0.4 is 10.6 Å². The molecule has 0 saturated carbocycles. The molecule has 9 nitrogen and oxygen atoms in total. The summed E-state index contributed by atoms with van der Waals surface area (Å²) < 4.78 is 5.28. The van der Waals surface area contributed by atoms with E-state index in [-0.39, 0.29) is 43.3 Å². The van der Waals surface area contributed by atoms with Gasteiger partial charge in [0.2, 0.25) is 11.8 Å². The van der Waals surface area contributed by atoms with Gasteiger partial charge in [-0.25, -0.2) is 0 Å². The summed E-state index contributed by atoms with van der Waals surface area (Å²) in [5.41, 5.74) is 0.921. The van der Waals surface area contributed by atoms with Crippen molar-refractivity contribution in [3.63, 3.8) is 0 Å². The van der Waals surface area contributed by atoms with Crippen molar-refractivity contribution in [1.82, 2.24) is 15.5 Å². The van der Waals surface area contributed by atoms with Gasteiger partial charge < -0.3 is 20.5 Å². The summed E-state index contributed by atoms with van der Waals surface area (Å²) >= 11 is 0. The first kappa shape index (κ1) is 26.1. The Kier molecular flexibility index (Phi) is 12.6. The topological polar surface area (TPSA) is 125 Å². The molecule has 0 saturated heterocycles. The highest BCUT2D eigenvalue weighted by Gasteiger charge is 2.17. The van der Waals surface area contributed by atoms with Gasteiger partial charge in [-0.2, -0.15) is 0 Å². The Labute approximate surface area is 183 Å². The summed E-state index contributed by atoms with van der Waals surface area (Å²) in [7, 11) is 0. The molecule has 31 heavy (non-hydrogen) atoms. The highest BCUT2D eigenvalue weighted by atomic mass is 16.5. The average molecular weight is 436 g/mol. The minimum atomic E-state index is -0.929. The third-order valence-corrected chi connectivity index (χ3v) is 4.49. The molecule has 0 aliphatic carbocycles. The van der Waals surface area contributed by atoms with Crippen LogP contribution in [0.25, 0.3) is 0 Å². The monoisotopic (exact) mass is 435 g/mol. The predicted molar refractivity (Wildman–Crippen MR) is 115 cm³/mol. The number of carbonyl (C=O) groups is 4. The van der Waals surface area contributed by atoms with E-state index >= 15 is 0 Å². The number of hydrogen-bond acceptors (Lipinski definition) is 6. The van der Waals surface area contributed by atoms with E-state index in [1.165, 1.54) is 13.8 Å². The number of aliphatic carboxylic acids is 1. The van der Waals surface area contributed by atoms with E-state index in [9.17, 15) is 19.2 Å². The quantitative estimate of drug-likeness (QED) is 0.355. The molecule has 0 heterocycles. The lowest BCUT2D eigenvalue weighted by molar-refractivity contribution is -0.145. The number of carboxylic acid groups (broad SMARTS) is 1. The first-order chi connectivity index (χ1) is 14.8. The van der Waals surface area contributed by atoms with Crippen molar-refractivity contribution in [2.24, 2.45) is 0 Å². The van der Waals surface area contributed by atoms with E-state index in [0.29, 0.717) is 39.0 Å². The van der Waals surface area contributed by atoms with Crippen LogP contribution in [0.3, 0.4) is 0 Å². The number of nitrogens with zero attached hydrogens (tertiary/aromatic N) is 1. The molecule has 3 N–H and O–H groups in total. The molecule has 9 heteroatoms. The third kappa shape index (κ3) is 13.8. The number of hydrogen-bond donors (Lipinski definition) is 3. The molecule has 0 spiro atoms. The Morgan fingerprint density at radius 3 is 2.35 bits per heavy atom. The molecule has 1 aromatic rings. The van der Waals surface area contributed by atoms with Crippen LogP contribution in [0, 0.1) is 0 Å². The van der Waals surface area contributed by atoms with Gasteiger partial charge in [-0.15, -0.1) is 0 Å². The molecule has 1 unspecified atom stereocenters. The fourth-order valence-electron chi connectivity index (χ4n) is 3.05. The molecule has 0 radical (unpaired) electrons. The van der Waals surface area contributed by atoms with Crippen molar-refractivity contribution in [2.45, 2.75) is 52.2 Å². The van der Waals surface area contributed by atoms with Gasteiger partial charge >= 0.3 is 11.9 Å². The van der Waals surface area contributed by atoms with E-state index in [4.69, 9.17) is 9.84 Å². The number of rotatable bonds is 15. The molecule has 0 aliphatic rings. The third-order valence-electron chi connectivity index (χ3n) is 4.49. The molecule has 172 valence electrons. The van der Waals surface area contributed by atoms with Gasteiger partial charge in [-0.3, -0.25) is 24.1 Å². The van der Waals surface area contributed by atoms with Crippen LogP contribution >= 0.6 is 0 Å². The van der Waals surface area contributed by atoms with Crippen LogP contribution in [0.4, 0.5) is 0 Å². The Balaban J connectivity index is 2.53. The van der Waals surface area contributed by atoms with Crippen molar-refractivity contribution < 1.29 is 29.0 Å². The minimum absolute atomic E-state index is 0.0592. The van der Waals surface area contributed by atoms with E-state index in [2.05, 4.69) is 10.6 Å². The van der Waals surface area contributed by atoms with E-state index < -0.39 is 5.97 Å². The molecule has 2 amide bonds. The Bertz CT molecular complexity index is 710. The SMILES string of the molecule is CC(=O)NCCN(CCCC(=O)OCc1ccccc1)CC(CCC(=O)O)NC(C)=O. The maximum atomic E-state index is 12.0. The maximum Gasteiger partial charge on any atom is 0.306 e. The Morgan fingerprint density at radius 1 is 1.03 bits per heavy atom. The van der Waals surface area contributed by atoms with Gasteiger partial charge in [0.15, 0.2) is 0 Å². The zero-order chi connectivity index (χ0) is 23.1. The number of carbonyl (C=O) groups excluding carboxylic acids is 3. The second kappa shape index (κ2) is 15.0.